The molecule has 1 atom stereocenters. The zero-order valence-corrected chi connectivity index (χ0v) is 18.3. The van der Waals surface area contributed by atoms with E-state index in [1.807, 2.05) is 35.7 Å². The lowest BCUT2D eigenvalue weighted by atomic mass is 9.98. The molecule has 5 nitrogen and oxygen atoms in total. The third-order valence-corrected chi connectivity index (χ3v) is 6.78. The predicted octanol–water partition coefficient (Wildman–Crippen LogP) is 5.72. The molecule has 2 aromatic carbocycles. The Kier molecular flexibility index (Phi) is 6.59. The molecule has 1 aromatic heterocycles. The van der Waals surface area contributed by atoms with Crippen LogP contribution in [-0.2, 0) is 16.0 Å². The number of rotatable bonds is 8. The number of nitrogens with one attached hydrogen (secondary N) is 1. The van der Waals surface area contributed by atoms with Gasteiger partial charge >= 0.3 is 12.1 Å². The number of carboxylic acids is 1. The molecule has 1 unspecified atom stereocenters. The first-order valence-corrected chi connectivity index (χ1v) is 11.3. The van der Waals surface area contributed by atoms with Crippen molar-refractivity contribution < 1.29 is 19.4 Å². The fourth-order valence-electron chi connectivity index (χ4n) is 4.06. The number of benzene rings is 2. The van der Waals surface area contributed by atoms with E-state index in [-0.39, 0.29) is 25.0 Å². The van der Waals surface area contributed by atoms with Crippen molar-refractivity contribution in [2.45, 2.75) is 31.2 Å². The van der Waals surface area contributed by atoms with Crippen LogP contribution in [0.2, 0.25) is 4.34 Å². The van der Waals surface area contributed by atoms with E-state index in [9.17, 15) is 9.59 Å². The number of hydrogen-bond acceptors (Lipinski definition) is 4. The molecule has 1 aliphatic rings. The summed E-state index contributed by atoms with van der Waals surface area (Å²) < 4.78 is 6.25. The minimum atomic E-state index is -0.907. The van der Waals surface area contributed by atoms with Crippen LogP contribution in [0.25, 0.3) is 11.1 Å². The summed E-state index contributed by atoms with van der Waals surface area (Å²) in [5.41, 5.74) is 5.51. The van der Waals surface area contributed by atoms with E-state index in [1.54, 1.807) is 0 Å². The maximum atomic E-state index is 12.6. The van der Waals surface area contributed by atoms with E-state index in [1.165, 1.54) is 22.5 Å². The summed E-state index contributed by atoms with van der Waals surface area (Å²) in [5, 5.41) is 13.7. The van der Waals surface area contributed by atoms with E-state index in [0.717, 1.165) is 16.7 Å². The van der Waals surface area contributed by atoms with E-state index in [4.69, 9.17) is 21.4 Å². The van der Waals surface area contributed by atoms with Gasteiger partial charge in [0.1, 0.15) is 6.61 Å². The Morgan fingerprint density at radius 2 is 1.71 bits per heavy atom. The van der Waals surface area contributed by atoms with Gasteiger partial charge in [0.05, 0.1) is 4.34 Å². The molecule has 1 aliphatic carbocycles. The number of carboxylic acid groups (broad SMARTS) is 1. The number of amides is 1. The molecular weight excluding hydrogens is 434 g/mol. The van der Waals surface area contributed by atoms with Crippen LogP contribution in [-0.4, -0.2) is 29.8 Å². The van der Waals surface area contributed by atoms with Gasteiger partial charge in [0, 0.05) is 18.4 Å². The minimum Gasteiger partial charge on any atom is -0.481 e. The first-order chi connectivity index (χ1) is 15.0. The maximum Gasteiger partial charge on any atom is 0.407 e. The zero-order chi connectivity index (χ0) is 21.8. The molecule has 7 heteroatoms. The lowest BCUT2D eigenvalue weighted by molar-refractivity contribution is -0.137. The first kappa shape index (κ1) is 21.4. The van der Waals surface area contributed by atoms with Gasteiger partial charge in [-0.3, -0.25) is 4.79 Å². The molecule has 1 heterocycles. The predicted molar refractivity (Wildman–Crippen MR) is 122 cm³/mol. The van der Waals surface area contributed by atoms with Crippen LogP contribution < -0.4 is 5.32 Å². The molecule has 3 aromatic rings. The second-order valence-corrected chi connectivity index (χ2v) is 9.04. The van der Waals surface area contributed by atoms with Crippen molar-refractivity contribution in [3.05, 3.63) is 81.0 Å². The number of fused-ring (bicyclic) bond motifs is 3. The highest BCUT2D eigenvalue weighted by molar-refractivity contribution is 7.14. The topological polar surface area (TPSA) is 75.6 Å². The summed E-state index contributed by atoms with van der Waals surface area (Å²) >= 11 is 7.59. The lowest BCUT2D eigenvalue weighted by Gasteiger charge is -2.19. The molecule has 1 amide bonds. The molecule has 4 rings (SSSR count). The van der Waals surface area contributed by atoms with Crippen LogP contribution in [0.3, 0.4) is 0 Å². The second kappa shape index (κ2) is 9.54. The van der Waals surface area contributed by atoms with Gasteiger partial charge in [-0.2, -0.15) is 0 Å². The molecule has 0 bridgehead atoms. The smallest absolute Gasteiger partial charge is 0.407 e. The molecule has 160 valence electrons. The van der Waals surface area contributed by atoms with Crippen molar-refractivity contribution in [3.8, 4) is 11.1 Å². The van der Waals surface area contributed by atoms with Crippen LogP contribution in [0.4, 0.5) is 4.79 Å². The molecule has 0 saturated carbocycles. The minimum absolute atomic E-state index is 0.0260. The van der Waals surface area contributed by atoms with Gasteiger partial charge in [-0.15, -0.1) is 11.3 Å². The number of carbonyl (C=O) groups is 2. The number of thiophene rings is 1. The Morgan fingerprint density at radius 3 is 2.29 bits per heavy atom. The van der Waals surface area contributed by atoms with Gasteiger partial charge in [-0.25, -0.2) is 4.79 Å². The fourth-order valence-corrected chi connectivity index (χ4v) is 5.01. The Bertz CT molecular complexity index is 1050. The molecule has 0 fully saturated rings. The van der Waals surface area contributed by atoms with Gasteiger partial charge in [0.25, 0.3) is 0 Å². The first-order valence-electron chi connectivity index (χ1n) is 10.1. The van der Waals surface area contributed by atoms with Gasteiger partial charge in [-0.1, -0.05) is 60.1 Å². The van der Waals surface area contributed by atoms with Crippen molar-refractivity contribution in [2.24, 2.45) is 0 Å². The Labute approximate surface area is 189 Å². The number of alkyl carbamates (subject to hydrolysis) is 1. The highest BCUT2D eigenvalue weighted by Gasteiger charge is 2.29. The van der Waals surface area contributed by atoms with Crippen LogP contribution in [0.15, 0.2) is 60.0 Å². The normalized spacial score (nSPS) is 13.3. The van der Waals surface area contributed by atoms with Crippen molar-refractivity contribution >= 4 is 35.0 Å². The van der Waals surface area contributed by atoms with E-state index in [2.05, 4.69) is 29.6 Å². The second-order valence-electron chi connectivity index (χ2n) is 7.52. The molecular formula is C24H22ClNO4S. The summed E-state index contributed by atoms with van der Waals surface area (Å²) in [6.45, 7) is 0.213. The van der Waals surface area contributed by atoms with Gasteiger partial charge < -0.3 is 15.2 Å². The van der Waals surface area contributed by atoms with Crippen molar-refractivity contribution in [2.75, 3.05) is 6.61 Å². The number of carbonyl (C=O) groups excluding carboxylic acids is 1. The summed E-state index contributed by atoms with van der Waals surface area (Å²) in [4.78, 5) is 23.6. The van der Waals surface area contributed by atoms with Crippen LogP contribution >= 0.6 is 22.9 Å². The number of ether oxygens (including phenoxy) is 1. The molecule has 31 heavy (non-hydrogen) atoms. The third kappa shape index (κ3) is 4.92. The number of aliphatic carboxylic acids is 1. The SMILES string of the molecule is O=C(O)CCC(Cc1ccsc1Cl)NC(=O)OCC1c2ccccc2-c2ccccc21. The Balaban J connectivity index is 1.42. The van der Waals surface area contributed by atoms with Crippen LogP contribution in [0.1, 0.15) is 35.4 Å². The molecule has 0 aliphatic heterocycles. The summed E-state index contributed by atoms with van der Waals surface area (Å²) in [6, 6.07) is 17.8. The molecule has 0 radical (unpaired) electrons. The Morgan fingerprint density at radius 1 is 1.06 bits per heavy atom. The monoisotopic (exact) mass is 455 g/mol. The molecule has 2 N–H and O–H groups in total. The fraction of sp³-hybridized carbons (Fsp3) is 0.250. The van der Waals surface area contributed by atoms with Crippen molar-refractivity contribution in [1.29, 1.82) is 0 Å². The molecule has 0 saturated heterocycles. The standard InChI is InChI=1S/C24H22ClNO4S/c25-23-15(11-12-31-23)13-16(9-10-22(27)28)26-24(29)30-14-21-19-7-3-1-5-17(19)18-6-2-4-8-20(18)21/h1-8,11-12,16,21H,9-10,13-14H2,(H,26,29)(H,27,28). The summed E-state index contributed by atoms with van der Waals surface area (Å²) in [5.74, 6) is -0.933. The van der Waals surface area contributed by atoms with E-state index in [0.29, 0.717) is 17.2 Å². The summed E-state index contributed by atoms with van der Waals surface area (Å²) in [7, 11) is 0. The summed E-state index contributed by atoms with van der Waals surface area (Å²) in [6.07, 6.45) is 0.158. The number of hydrogen-bond donors (Lipinski definition) is 2. The van der Waals surface area contributed by atoms with E-state index < -0.39 is 12.1 Å². The highest BCUT2D eigenvalue weighted by atomic mass is 35.5. The average molecular weight is 456 g/mol. The third-order valence-electron chi connectivity index (χ3n) is 5.53. The average Bonchev–Trinajstić information content (AvgIpc) is 3.31. The quantitative estimate of drug-likeness (QED) is 0.455. The van der Waals surface area contributed by atoms with Crippen LogP contribution in [0, 0.1) is 0 Å². The lowest BCUT2D eigenvalue weighted by Crippen LogP contribution is -2.37. The number of halogens is 1. The van der Waals surface area contributed by atoms with Crippen LogP contribution in [0.5, 0.6) is 0 Å². The largest absolute Gasteiger partial charge is 0.481 e. The highest BCUT2D eigenvalue weighted by Crippen LogP contribution is 2.44. The molecule has 0 spiro atoms. The van der Waals surface area contributed by atoms with Gasteiger partial charge in [0.2, 0.25) is 0 Å². The van der Waals surface area contributed by atoms with Crippen molar-refractivity contribution in [1.82, 2.24) is 5.32 Å². The van der Waals surface area contributed by atoms with Crippen molar-refractivity contribution in [3.63, 3.8) is 0 Å². The maximum absolute atomic E-state index is 12.6. The van der Waals surface area contributed by atoms with Gasteiger partial charge in [-0.05, 0) is 52.1 Å². The van der Waals surface area contributed by atoms with E-state index >= 15 is 0 Å². The zero-order valence-electron chi connectivity index (χ0n) is 16.7. The van der Waals surface area contributed by atoms with Gasteiger partial charge in [0.15, 0.2) is 0 Å². The Hall–Kier alpha value is -2.83.